The molecule has 0 unspecified atom stereocenters. The third-order valence-corrected chi connectivity index (χ3v) is 5.70. The number of ether oxygens (including phenoxy) is 1. The predicted molar refractivity (Wildman–Crippen MR) is 116 cm³/mol. The Morgan fingerprint density at radius 1 is 1.07 bits per heavy atom. The standard InChI is InChI=1S/C21H19ClN2O5S/c1-14-5-2-3-8-20(14)29-13-21(26)23-18-12-17(9-10-19(18)25)30(27,28)24-16-7-4-6-15(22)11-16/h2-12,24-25H,13H2,1H3,(H,23,26). The number of hydrogen-bond acceptors (Lipinski definition) is 5. The van der Waals surface area contributed by atoms with E-state index in [1.54, 1.807) is 30.3 Å². The Morgan fingerprint density at radius 2 is 1.83 bits per heavy atom. The maximum absolute atomic E-state index is 12.6. The monoisotopic (exact) mass is 446 g/mol. The van der Waals surface area contributed by atoms with E-state index in [0.29, 0.717) is 10.8 Å². The third kappa shape index (κ3) is 5.43. The zero-order valence-electron chi connectivity index (χ0n) is 15.9. The molecule has 156 valence electrons. The van der Waals surface area contributed by atoms with E-state index in [9.17, 15) is 18.3 Å². The van der Waals surface area contributed by atoms with Crippen LogP contribution in [0.3, 0.4) is 0 Å². The van der Waals surface area contributed by atoms with Crippen LogP contribution in [0.4, 0.5) is 11.4 Å². The first kappa shape index (κ1) is 21.5. The van der Waals surface area contributed by atoms with Crippen molar-refractivity contribution in [3.8, 4) is 11.5 Å². The van der Waals surface area contributed by atoms with Crippen LogP contribution >= 0.6 is 11.6 Å². The van der Waals surface area contributed by atoms with Gasteiger partial charge >= 0.3 is 0 Å². The van der Waals surface area contributed by atoms with Gasteiger partial charge in [-0.3, -0.25) is 9.52 Å². The number of phenolic OH excluding ortho intramolecular Hbond substituents is 1. The van der Waals surface area contributed by atoms with Crippen molar-refractivity contribution in [3.63, 3.8) is 0 Å². The van der Waals surface area contributed by atoms with Crippen molar-refractivity contribution in [2.45, 2.75) is 11.8 Å². The van der Waals surface area contributed by atoms with Crippen LogP contribution in [0.2, 0.25) is 5.02 Å². The molecule has 3 rings (SSSR count). The summed E-state index contributed by atoms with van der Waals surface area (Å²) >= 11 is 5.88. The van der Waals surface area contributed by atoms with Gasteiger partial charge in [-0.05, 0) is 55.0 Å². The molecule has 9 heteroatoms. The number of carbonyl (C=O) groups is 1. The first-order valence-electron chi connectivity index (χ1n) is 8.84. The fourth-order valence-electron chi connectivity index (χ4n) is 2.60. The summed E-state index contributed by atoms with van der Waals surface area (Å²) in [6.07, 6.45) is 0. The highest BCUT2D eigenvalue weighted by atomic mass is 35.5. The lowest BCUT2D eigenvalue weighted by Crippen LogP contribution is -2.21. The molecule has 0 atom stereocenters. The Bertz CT molecular complexity index is 1180. The second-order valence-corrected chi connectivity index (χ2v) is 8.52. The van der Waals surface area contributed by atoms with Gasteiger partial charge in [-0.1, -0.05) is 35.9 Å². The summed E-state index contributed by atoms with van der Waals surface area (Å²) in [6.45, 7) is 1.54. The number of amides is 1. The predicted octanol–water partition coefficient (Wildman–Crippen LogP) is 4.17. The zero-order chi connectivity index (χ0) is 21.7. The van der Waals surface area contributed by atoms with E-state index >= 15 is 0 Å². The van der Waals surface area contributed by atoms with Crippen molar-refractivity contribution in [1.82, 2.24) is 0 Å². The number of nitrogens with one attached hydrogen (secondary N) is 2. The highest BCUT2D eigenvalue weighted by Gasteiger charge is 2.18. The number of sulfonamides is 1. The van der Waals surface area contributed by atoms with Crippen LogP contribution < -0.4 is 14.8 Å². The average molecular weight is 447 g/mol. The molecule has 3 aromatic rings. The summed E-state index contributed by atoms with van der Waals surface area (Å²) in [6, 6.07) is 17.0. The van der Waals surface area contributed by atoms with Gasteiger partial charge in [0.05, 0.1) is 16.3 Å². The number of phenols is 1. The molecule has 3 N–H and O–H groups in total. The van der Waals surface area contributed by atoms with Gasteiger partial charge in [0.25, 0.3) is 15.9 Å². The molecule has 0 aliphatic heterocycles. The lowest BCUT2D eigenvalue weighted by atomic mass is 10.2. The quantitative estimate of drug-likeness (QED) is 0.472. The topological polar surface area (TPSA) is 105 Å². The first-order valence-corrected chi connectivity index (χ1v) is 10.7. The minimum Gasteiger partial charge on any atom is -0.506 e. The maximum Gasteiger partial charge on any atom is 0.262 e. The molecular formula is C21H19ClN2O5S. The number of hydrogen-bond donors (Lipinski definition) is 3. The Balaban J connectivity index is 1.72. The normalized spacial score (nSPS) is 11.0. The molecule has 0 spiro atoms. The van der Waals surface area contributed by atoms with Crippen LogP contribution in [0.1, 0.15) is 5.56 Å². The lowest BCUT2D eigenvalue weighted by molar-refractivity contribution is -0.118. The Hall–Kier alpha value is -3.23. The van der Waals surface area contributed by atoms with Gasteiger partial charge in [-0.25, -0.2) is 8.42 Å². The molecule has 0 saturated heterocycles. The van der Waals surface area contributed by atoms with E-state index in [4.69, 9.17) is 16.3 Å². The van der Waals surface area contributed by atoms with Crippen LogP contribution in [-0.4, -0.2) is 26.0 Å². The summed E-state index contributed by atoms with van der Waals surface area (Å²) in [5.74, 6) is -0.272. The van der Waals surface area contributed by atoms with E-state index in [1.165, 1.54) is 18.2 Å². The molecular weight excluding hydrogens is 428 g/mol. The zero-order valence-corrected chi connectivity index (χ0v) is 17.5. The van der Waals surface area contributed by atoms with Crippen molar-refractivity contribution in [1.29, 1.82) is 0 Å². The minimum atomic E-state index is -3.97. The van der Waals surface area contributed by atoms with Crippen molar-refractivity contribution >= 4 is 38.9 Å². The summed E-state index contributed by atoms with van der Waals surface area (Å²) in [5, 5.41) is 12.9. The molecule has 0 aliphatic rings. The highest BCUT2D eigenvalue weighted by molar-refractivity contribution is 7.92. The van der Waals surface area contributed by atoms with E-state index in [0.717, 1.165) is 11.6 Å². The van der Waals surface area contributed by atoms with E-state index in [-0.39, 0.29) is 28.6 Å². The minimum absolute atomic E-state index is 0.0534. The largest absolute Gasteiger partial charge is 0.506 e. The number of aromatic hydroxyl groups is 1. The van der Waals surface area contributed by atoms with Crippen molar-refractivity contribution in [2.24, 2.45) is 0 Å². The molecule has 0 saturated carbocycles. The molecule has 30 heavy (non-hydrogen) atoms. The van der Waals surface area contributed by atoms with Crippen LogP contribution in [0.15, 0.2) is 71.6 Å². The van der Waals surface area contributed by atoms with Crippen LogP contribution in [-0.2, 0) is 14.8 Å². The molecule has 0 heterocycles. The SMILES string of the molecule is Cc1ccccc1OCC(=O)Nc1cc(S(=O)(=O)Nc2cccc(Cl)c2)ccc1O. The van der Waals surface area contributed by atoms with E-state index in [2.05, 4.69) is 10.0 Å². The molecule has 0 radical (unpaired) electrons. The summed E-state index contributed by atoms with van der Waals surface area (Å²) in [7, 11) is -3.97. The van der Waals surface area contributed by atoms with Gasteiger partial charge in [-0.15, -0.1) is 0 Å². The van der Waals surface area contributed by atoms with Gasteiger partial charge in [-0.2, -0.15) is 0 Å². The van der Waals surface area contributed by atoms with Gasteiger partial charge in [0.15, 0.2) is 6.61 Å². The molecule has 7 nitrogen and oxygen atoms in total. The van der Waals surface area contributed by atoms with E-state index < -0.39 is 15.9 Å². The fourth-order valence-corrected chi connectivity index (χ4v) is 3.86. The van der Waals surface area contributed by atoms with Crippen molar-refractivity contribution in [2.75, 3.05) is 16.6 Å². The van der Waals surface area contributed by atoms with Crippen LogP contribution in [0.25, 0.3) is 0 Å². The third-order valence-electron chi connectivity index (χ3n) is 4.08. The summed E-state index contributed by atoms with van der Waals surface area (Å²) in [5.41, 5.74) is 1.10. The van der Waals surface area contributed by atoms with Gasteiger partial charge in [0.1, 0.15) is 11.5 Å². The molecule has 0 bridgehead atoms. The molecule has 0 aliphatic carbocycles. The number of rotatable bonds is 7. The number of para-hydroxylation sites is 1. The summed E-state index contributed by atoms with van der Waals surface area (Å²) in [4.78, 5) is 12.1. The van der Waals surface area contributed by atoms with E-state index in [1.807, 2.05) is 19.1 Å². The lowest BCUT2D eigenvalue weighted by Gasteiger charge is -2.13. The number of aryl methyl sites for hydroxylation is 1. The van der Waals surface area contributed by atoms with Crippen molar-refractivity contribution in [3.05, 3.63) is 77.3 Å². The number of anilines is 2. The van der Waals surface area contributed by atoms with Crippen molar-refractivity contribution < 1.29 is 23.1 Å². The van der Waals surface area contributed by atoms with Crippen LogP contribution in [0.5, 0.6) is 11.5 Å². The molecule has 0 aromatic heterocycles. The molecule has 3 aromatic carbocycles. The summed E-state index contributed by atoms with van der Waals surface area (Å²) < 4.78 is 33.1. The smallest absolute Gasteiger partial charge is 0.262 e. The average Bonchev–Trinajstić information content (AvgIpc) is 2.68. The maximum atomic E-state index is 12.6. The van der Waals surface area contributed by atoms with Gasteiger partial charge < -0.3 is 15.2 Å². The molecule has 0 fully saturated rings. The number of benzene rings is 3. The highest BCUT2D eigenvalue weighted by Crippen LogP contribution is 2.28. The number of halogens is 1. The Morgan fingerprint density at radius 3 is 2.57 bits per heavy atom. The Kier molecular flexibility index (Phi) is 6.49. The number of carbonyl (C=O) groups excluding carboxylic acids is 1. The fraction of sp³-hybridized carbons (Fsp3) is 0.0952. The molecule has 1 amide bonds. The second-order valence-electron chi connectivity index (χ2n) is 6.40. The Labute approximate surface area is 179 Å². The second kappa shape index (κ2) is 9.06. The van der Waals surface area contributed by atoms with Gasteiger partial charge in [0.2, 0.25) is 0 Å². The first-order chi connectivity index (χ1) is 14.2. The van der Waals surface area contributed by atoms with Gasteiger partial charge in [0, 0.05) is 5.02 Å². The van der Waals surface area contributed by atoms with Crippen LogP contribution in [0, 0.1) is 6.92 Å².